The molecule has 134 valence electrons. The molecule has 2 heterocycles. The third kappa shape index (κ3) is 4.36. The van der Waals surface area contributed by atoms with Gasteiger partial charge in [0, 0.05) is 32.4 Å². The number of nitrogens with zero attached hydrogens (tertiary/aromatic N) is 3. The second-order valence-corrected chi connectivity index (χ2v) is 6.17. The second kappa shape index (κ2) is 8.11. The Morgan fingerprint density at radius 2 is 2.24 bits per heavy atom. The molecule has 1 aromatic heterocycles. The second-order valence-electron chi connectivity index (χ2n) is 6.17. The molecule has 1 aliphatic rings. The van der Waals surface area contributed by atoms with Gasteiger partial charge in [0.15, 0.2) is 0 Å². The maximum absolute atomic E-state index is 14.0. The molecule has 1 fully saturated rings. The highest BCUT2D eigenvalue weighted by Gasteiger charge is 2.24. The summed E-state index contributed by atoms with van der Waals surface area (Å²) in [5.74, 6) is -0.428. The lowest BCUT2D eigenvalue weighted by Gasteiger charge is -2.34. The molecule has 1 aromatic carbocycles. The van der Waals surface area contributed by atoms with Crippen molar-refractivity contribution in [1.29, 1.82) is 0 Å². The number of para-hydroxylation sites is 1. The van der Waals surface area contributed by atoms with Crippen molar-refractivity contribution in [3.63, 3.8) is 0 Å². The molecule has 0 spiro atoms. The molecule has 6 nitrogen and oxygen atoms in total. The Morgan fingerprint density at radius 3 is 3.04 bits per heavy atom. The van der Waals surface area contributed by atoms with Crippen molar-refractivity contribution < 1.29 is 13.9 Å². The number of hydrogen-bond donors (Lipinski definition) is 1. The number of benzene rings is 1. The predicted octanol–water partition coefficient (Wildman–Crippen LogP) is 2.07. The molecule has 2 aromatic rings. The molecular formula is C18H23FN4O2. The van der Waals surface area contributed by atoms with Gasteiger partial charge < -0.3 is 15.0 Å². The van der Waals surface area contributed by atoms with Crippen LogP contribution in [0.1, 0.15) is 23.3 Å². The van der Waals surface area contributed by atoms with E-state index in [1.54, 1.807) is 36.2 Å². The highest BCUT2D eigenvalue weighted by molar-refractivity contribution is 5.92. The van der Waals surface area contributed by atoms with Gasteiger partial charge in [-0.1, -0.05) is 12.1 Å². The van der Waals surface area contributed by atoms with Crippen molar-refractivity contribution in [1.82, 2.24) is 15.1 Å². The zero-order valence-corrected chi connectivity index (χ0v) is 14.3. The smallest absolute Gasteiger partial charge is 0.272 e. The number of piperidine rings is 1. The first-order chi connectivity index (χ1) is 12.2. The number of hydrogen-bond acceptors (Lipinski definition) is 4. The Bertz CT molecular complexity index is 719. The van der Waals surface area contributed by atoms with E-state index in [2.05, 4.69) is 10.4 Å². The summed E-state index contributed by atoms with van der Waals surface area (Å²) in [4.78, 5) is 14.4. The monoisotopic (exact) mass is 346 g/mol. The molecule has 25 heavy (non-hydrogen) atoms. The molecule has 0 bridgehead atoms. The Morgan fingerprint density at radius 1 is 1.40 bits per heavy atom. The normalized spacial score (nSPS) is 17.5. The van der Waals surface area contributed by atoms with Crippen LogP contribution in [0.3, 0.4) is 0 Å². The van der Waals surface area contributed by atoms with Gasteiger partial charge in [0.05, 0.1) is 18.8 Å². The standard InChI is InChI=1S/C18H23FN4O2/c1-25-12-11-23-10-8-16(21-23)18(24)20-14-5-4-9-22(13-14)17-7-3-2-6-15(17)19/h2-3,6-8,10,14H,4-5,9,11-13H2,1H3,(H,20,24)/t14-/m1/s1. The Hall–Kier alpha value is -2.41. The molecule has 1 aliphatic heterocycles. The highest BCUT2D eigenvalue weighted by Crippen LogP contribution is 2.23. The number of methoxy groups -OCH3 is 1. The summed E-state index contributed by atoms with van der Waals surface area (Å²) in [6.45, 7) is 2.53. The molecule has 1 amide bonds. The highest BCUT2D eigenvalue weighted by atomic mass is 19.1. The molecule has 0 aliphatic carbocycles. The van der Waals surface area contributed by atoms with Crippen molar-refractivity contribution in [3.8, 4) is 0 Å². The van der Waals surface area contributed by atoms with Crippen molar-refractivity contribution in [3.05, 3.63) is 48.0 Å². The molecule has 7 heteroatoms. The maximum Gasteiger partial charge on any atom is 0.272 e. The Labute approximate surface area is 146 Å². The lowest BCUT2D eigenvalue weighted by atomic mass is 10.0. The van der Waals surface area contributed by atoms with E-state index in [9.17, 15) is 9.18 Å². The number of anilines is 1. The van der Waals surface area contributed by atoms with Gasteiger partial charge in [-0.15, -0.1) is 0 Å². The van der Waals surface area contributed by atoms with Crippen LogP contribution in [0.25, 0.3) is 0 Å². The van der Waals surface area contributed by atoms with Crippen LogP contribution in [0.5, 0.6) is 0 Å². The summed E-state index contributed by atoms with van der Waals surface area (Å²) in [7, 11) is 1.63. The van der Waals surface area contributed by atoms with Crippen LogP contribution in [0.15, 0.2) is 36.5 Å². The topological polar surface area (TPSA) is 59.4 Å². The summed E-state index contributed by atoms with van der Waals surface area (Å²) in [6.07, 6.45) is 3.54. The van der Waals surface area contributed by atoms with E-state index in [1.807, 2.05) is 11.0 Å². The minimum absolute atomic E-state index is 0.0232. The number of amides is 1. The quantitative estimate of drug-likeness (QED) is 0.870. The third-order valence-corrected chi connectivity index (χ3v) is 4.35. The number of rotatable bonds is 6. The maximum atomic E-state index is 14.0. The summed E-state index contributed by atoms with van der Waals surface area (Å²) >= 11 is 0. The van der Waals surface area contributed by atoms with E-state index in [4.69, 9.17) is 4.74 Å². The zero-order chi connectivity index (χ0) is 17.6. The van der Waals surface area contributed by atoms with Crippen LogP contribution in [-0.4, -0.2) is 48.5 Å². The van der Waals surface area contributed by atoms with Crippen molar-refractivity contribution in [2.24, 2.45) is 0 Å². The fourth-order valence-corrected chi connectivity index (χ4v) is 3.07. The minimum Gasteiger partial charge on any atom is -0.383 e. The summed E-state index contributed by atoms with van der Waals surface area (Å²) in [6, 6.07) is 8.42. The zero-order valence-electron chi connectivity index (χ0n) is 14.3. The number of carbonyl (C=O) groups is 1. The first kappa shape index (κ1) is 17.4. The van der Waals surface area contributed by atoms with E-state index in [0.717, 1.165) is 19.4 Å². The lowest BCUT2D eigenvalue weighted by Crippen LogP contribution is -2.48. The van der Waals surface area contributed by atoms with E-state index in [-0.39, 0.29) is 17.8 Å². The molecular weight excluding hydrogens is 323 g/mol. The van der Waals surface area contributed by atoms with Gasteiger partial charge in [-0.05, 0) is 31.0 Å². The average Bonchev–Trinajstić information content (AvgIpc) is 3.10. The number of carbonyl (C=O) groups excluding carboxylic acids is 1. The van der Waals surface area contributed by atoms with E-state index < -0.39 is 0 Å². The summed E-state index contributed by atoms with van der Waals surface area (Å²) in [5, 5.41) is 7.27. The first-order valence-corrected chi connectivity index (χ1v) is 8.50. The van der Waals surface area contributed by atoms with Gasteiger partial charge in [-0.3, -0.25) is 9.48 Å². The van der Waals surface area contributed by atoms with Crippen molar-refractivity contribution >= 4 is 11.6 Å². The molecule has 1 saturated heterocycles. The first-order valence-electron chi connectivity index (χ1n) is 8.50. The van der Waals surface area contributed by atoms with E-state index >= 15 is 0 Å². The van der Waals surface area contributed by atoms with Gasteiger partial charge in [0.1, 0.15) is 11.5 Å². The van der Waals surface area contributed by atoms with Gasteiger partial charge in [-0.25, -0.2) is 4.39 Å². The molecule has 0 radical (unpaired) electrons. The fraction of sp³-hybridized carbons (Fsp3) is 0.444. The van der Waals surface area contributed by atoms with Gasteiger partial charge in [0.2, 0.25) is 0 Å². The van der Waals surface area contributed by atoms with Crippen LogP contribution in [-0.2, 0) is 11.3 Å². The van der Waals surface area contributed by atoms with Crippen LogP contribution in [0.4, 0.5) is 10.1 Å². The molecule has 3 rings (SSSR count). The Kier molecular flexibility index (Phi) is 5.65. The number of aromatic nitrogens is 2. The average molecular weight is 346 g/mol. The number of halogens is 1. The van der Waals surface area contributed by atoms with Crippen molar-refractivity contribution in [2.75, 3.05) is 31.7 Å². The van der Waals surface area contributed by atoms with Gasteiger partial charge in [0.25, 0.3) is 5.91 Å². The fourth-order valence-electron chi connectivity index (χ4n) is 3.07. The summed E-state index contributed by atoms with van der Waals surface area (Å²) < 4.78 is 20.7. The van der Waals surface area contributed by atoms with Gasteiger partial charge >= 0.3 is 0 Å². The largest absolute Gasteiger partial charge is 0.383 e. The predicted molar refractivity (Wildman–Crippen MR) is 93.2 cm³/mol. The number of nitrogens with one attached hydrogen (secondary N) is 1. The van der Waals surface area contributed by atoms with Crippen LogP contribution in [0, 0.1) is 5.82 Å². The van der Waals surface area contributed by atoms with Gasteiger partial charge in [-0.2, -0.15) is 5.10 Å². The van der Waals surface area contributed by atoms with Crippen LogP contribution in [0.2, 0.25) is 0 Å². The van der Waals surface area contributed by atoms with Crippen molar-refractivity contribution in [2.45, 2.75) is 25.4 Å². The van der Waals surface area contributed by atoms with Crippen LogP contribution < -0.4 is 10.2 Å². The van der Waals surface area contributed by atoms with E-state index in [0.29, 0.717) is 31.1 Å². The molecule has 0 saturated carbocycles. The number of ether oxygens (including phenoxy) is 1. The lowest BCUT2D eigenvalue weighted by molar-refractivity contribution is 0.0926. The third-order valence-electron chi connectivity index (χ3n) is 4.35. The summed E-state index contributed by atoms with van der Waals surface area (Å²) in [5.41, 5.74) is 0.976. The van der Waals surface area contributed by atoms with E-state index in [1.165, 1.54) is 6.07 Å². The Balaban J connectivity index is 1.59. The SMILES string of the molecule is COCCn1ccc(C(=O)N[C@@H]2CCCN(c3ccccc3F)C2)n1. The molecule has 0 unspecified atom stereocenters. The molecule has 1 atom stereocenters. The molecule has 1 N–H and O–H groups in total. The van der Waals surface area contributed by atoms with Crippen LogP contribution >= 0.6 is 0 Å². The minimum atomic E-state index is -0.230.